The minimum atomic E-state index is -0.0824. The van der Waals surface area contributed by atoms with Gasteiger partial charge in [-0.05, 0) is 35.7 Å². The average molecular weight is 336 g/mol. The highest BCUT2D eigenvalue weighted by Crippen LogP contribution is 2.18. The van der Waals surface area contributed by atoms with Crippen molar-refractivity contribution in [3.05, 3.63) is 60.2 Å². The quantitative estimate of drug-likeness (QED) is 0.740. The van der Waals surface area contributed by atoms with Gasteiger partial charge in [0.25, 0.3) is 0 Å². The molecule has 6 nitrogen and oxygen atoms in total. The molecule has 0 aliphatic rings. The molecule has 25 heavy (non-hydrogen) atoms. The number of carbonyl (C=O) groups excluding carboxylic acids is 1. The predicted molar refractivity (Wildman–Crippen MR) is 95.0 cm³/mol. The summed E-state index contributed by atoms with van der Waals surface area (Å²) >= 11 is 0. The van der Waals surface area contributed by atoms with Gasteiger partial charge in [-0.1, -0.05) is 31.1 Å². The van der Waals surface area contributed by atoms with Crippen LogP contribution in [-0.2, 0) is 11.2 Å². The summed E-state index contributed by atoms with van der Waals surface area (Å²) in [5, 5.41) is 6.81. The van der Waals surface area contributed by atoms with Crippen molar-refractivity contribution in [2.24, 2.45) is 0 Å². The summed E-state index contributed by atoms with van der Waals surface area (Å²) in [5.41, 5.74) is 2.87. The number of nitrogens with zero attached hydrogens (tertiary/aromatic N) is 3. The molecule has 0 saturated carbocycles. The van der Waals surface area contributed by atoms with Crippen molar-refractivity contribution in [3.63, 3.8) is 0 Å². The maximum Gasteiger partial charge on any atom is 0.227 e. The van der Waals surface area contributed by atoms with Gasteiger partial charge < -0.3 is 9.84 Å². The number of rotatable bonds is 6. The third-order valence-electron chi connectivity index (χ3n) is 3.83. The lowest BCUT2D eigenvalue weighted by molar-refractivity contribution is -0.116. The molecule has 6 heteroatoms. The molecule has 0 fully saturated rings. The van der Waals surface area contributed by atoms with Crippen LogP contribution in [0.1, 0.15) is 37.6 Å². The van der Waals surface area contributed by atoms with Crippen molar-refractivity contribution >= 4 is 11.6 Å². The molecule has 3 aromatic rings. The molecule has 0 spiro atoms. The first-order valence-electron chi connectivity index (χ1n) is 8.24. The highest BCUT2D eigenvalue weighted by molar-refractivity contribution is 5.90. The molecule has 128 valence electrons. The van der Waals surface area contributed by atoms with Gasteiger partial charge in [0.05, 0.1) is 0 Å². The van der Waals surface area contributed by atoms with E-state index in [2.05, 4.69) is 34.3 Å². The number of aryl methyl sites for hydroxylation is 1. The van der Waals surface area contributed by atoms with E-state index in [0.717, 1.165) is 11.3 Å². The number of benzene rings is 1. The minimum Gasteiger partial charge on any atom is -0.339 e. The van der Waals surface area contributed by atoms with E-state index in [1.807, 2.05) is 36.4 Å². The lowest BCUT2D eigenvalue weighted by Gasteiger charge is -2.08. The van der Waals surface area contributed by atoms with Crippen LogP contribution in [0.3, 0.4) is 0 Å². The van der Waals surface area contributed by atoms with Gasteiger partial charge in [-0.25, -0.2) is 0 Å². The lowest BCUT2D eigenvalue weighted by atomic mass is 10.0. The van der Waals surface area contributed by atoms with E-state index in [9.17, 15) is 4.79 Å². The SMILES string of the molecule is CC(C)c1ccc(NC(=O)CCc2nc(-c3ccncc3)no2)cc1. The Kier molecular flexibility index (Phi) is 5.18. The second kappa shape index (κ2) is 7.70. The van der Waals surface area contributed by atoms with Crippen molar-refractivity contribution in [1.82, 2.24) is 15.1 Å². The van der Waals surface area contributed by atoms with E-state index in [0.29, 0.717) is 24.1 Å². The van der Waals surface area contributed by atoms with Crippen LogP contribution in [0.25, 0.3) is 11.4 Å². The van der Waals surface area contributed by atoms with E-state index in [-0.39, 0.29) is 12.3 Å². The standard InChI is InChI=1S/C19H20N4O2/c1-13(2)14-3-5-16(6-4-14)21-17(24)7-8-18-22-19(23-25-18)15-9-11-20-12-10-15/h3-6,9-13H,7-8H2,1-2H3,(H,21,24). The molecule has 0 aliphatic carbocycles. The Morgan fingerprint density at radius 2 is 1.84 bits per heavy atom. The average Bonchev–Trinajstić information content (AvgIpc) is 3.10. The summed E-state index contributed by atoms with van der Waals surface area (Å²) in [6, 6.07) is 11.5. The normalized spacial score (nSPS) is 10.8. The highest BCUT2D eigenvalue weighted by Gasteiger charge is 2.11. The molecular weight excluding hydrogens is 316 g/mol. The molecule has 0 aliphatic heterocycles. The van der Waals surface area contributed by atoms with Crippen molar-refractivity contribution in [1.29, 1.82) is 0 Å². The zero-order valence-electron chi connectivity index (χ0n) is 14.3. The number of hydrogen-bond donors (Lipinski definition) is 1. The molecule has 0 atom stereocenters. The van der Waals surface area contributed by atoms with Crippen LogP contribution in [0.2, 0.25) is 0 Å². The first-order chi connectivity index (χ1) is 12.1. The third kappa shape index (κ3) is 4.50. The highest BCUT2D eigenvalue weighted by atomic mass is 16.5. The molecule has 0 unspecified atom stereocenters. The Bertz CT molecular complexity index is 826. The summed E-state index contributed by atoms with van der Waals surface area (Å²) < 4.78 is 5.20. The molecule has 0 saturated heterocycles. The second-order valence-corrected chi connectivity index (χ2v) is 6.07. The summed E-state index contributed by atoms with van der Waals surface area (Å²) in [4.78, 5) is 20.3. The van der Waals surface area contributed by atoms with Gasteiger partial charge in [0.1, 0.15) is 0 Å². The van der Waals surface area contributed by atoms with Crippen molar-refractivity contribution < 1.29 is 9.32 Å². The van der Waals surface area contributed by atoms with E-state index < -0.39 is 0 Å². The fraction of sp³-hybridized carbons (Fsp3) is 0.263. The molecule has 2 aromatic heterocycles. The van der Waals surface area contributed by atoms with Gasteiger partial charge in [0.2, 0.25) is 17.6 Å². The van der Waals surface area contributed by atoms with Gasteiger partial charge >= 0.3 is 0 Å². The number of nitrogens with one attached hydrogen (secondary N) is 1. The molecular formula is C19H20N4O2. The number of carbonyl (C=O) groups is 1. The van der Waals surface area contributed by atoms with Crippen LogP contribution in [0.5, 0.6) is 0 Å². The van der Waals surface area contributed by atoms with Crippen LogP contribution in [-0.4, -0.2) is 21.0 Å². The van der Waals surface area contributed by atoms with Crippen molar-refractivity contribution in [2.75, 3.05) is 5.32 Å². The zero-order chi connectivity index (χ0) is 17.6. The molecule has 1 aromatic carbocycles. The van der Waals surface area contributed by atoms with Crippen LogP contribution in [0.15, 0.2) is 53.3 Å². The first kappa shape index (κ1) is 16.8. The second-order valence-electron chi connectivity index (χ2n) is 6.07. The van der Waals surface area contributed by atoms with Gasteiger partial charge in [-0.15, -0.1) is 0 Å². The largest absolute Gasteiger partial charge is 0.339 e. The van der Waals surface area contributed by atoms with Gasteiger partial charge in [-0.3, -0.25) is 9.78 Å². The van der Waals surface area contributed by atoms with Crippen LogP contribution in [0.4, 0.5) is 5.69 Å². The summed E-state index contributed by atoms with van der Waals surface area (Å²) in [7, 11) is 0. The smallest absolute Gasteiger partial charge is 0.227 e. The van der Waals surface area contributed by atoms with Crippen LogP contribution < -0.4 is 5.32 Å². The summed E-state index contributed by atoms with van der Waals surface area (Å²) in [6.07, 6.45) is 4.02. The molecule has 1 amide bonds. The summed E-state index contributed by atoms with van der Waals surface area (Å²) in [6.45, 7) is 4.27. The Labute approximate surface area is 146 Å². The van der Waals surface area contributed by atoms with Gasteiger partial charge in [0.15, 0.2) is 0 Å². The zero-order valence-corrected chi connectivity index (χ0v) is 14.3. The van der Waals surface area contributed by atoms with E-state index in [1.165, 1.54) is 5.56 Å². The fourth-order valence-electron chi connectivity index (χ4n) is 2.37. The topological polar surface area (TPSA) is 80.9 Å². The Morgan fingerprint density at radius 3 is 2.52 bits per heavy atom. The number of anilines is 1. The Balaban J connectivity index is 1.53. The number of pyridine rings is 1. The third-order valence-corrected chi connectivity index (χ3v) is 3.83. The monoisotopic (exact) mass is 336 g/mol. The molecule has 3 rings (SSSR count). The molecule has 0 bridgehead atoms. The number of amides is 1. The van der Waals surface area contributed by atoms with Gasteiger partial charge in [0, 0.05) is 36.5 Å². The maximum atomic E-state index is 12.1. The van der Waals surface area contributed by atoms with E-state index >= 15 is 0 Å². The van der Waals surface area contributed by atoms with Gasteiger partial charge in [-0.2, -0.15) is 4.98 Å². The number of hydrogen-bond acceptors (Lipinski definition) is 5. The predicted octanol–water partition coefficient (Wildman–Crippen LogP) is 3.83. The summed E-state index contributed by atoms with van der Waals surface area (Å²) in [5.74, 6) is 1.33. The molecule has 0 radical (unpaired) electrons. The number of aromatic nitrogens is 3. The van der Waals surface area contributed by atoms with Crippen molar-refractivity contribution in [2.45, 2.75) is 32.6 Å². The van der Waals surface area contributed by atoms with E-state index in [4.69, 9.17) is 4.52 Å². The fourth-order valence-corrected chi connectivity index (χ4v) is 2.37. The van der Waals surface area contributed by atoms with Crippen molar-refractivity contribution in [3.8, 4) is 11.4 Å². The maximum absolute atomic E-state index is 12.1. The first-order valence-corrected chi connectivity index (χ1v) is 8.24. The van der Waals surface area contributed by atoms with Crippen LogP contribution in [0, 0.1) is 0 Å². The Morgan fingerprint density at radius 1 is 1.12 bits per heavy atom. The van der Waals surface area contributed by atoms with Crippen LogP contribution >= 0.6 is 0 Å². The minimum absolute atomic E-state index is 0.0824. The van der Waals surface area contributed by atoms with E-state index in [1.54, 1.807) is 12.4 Å². The Hall–Kier alpha value is -3.02. The molecule has 2 heterocycles. The molecule has 1 N–H and O–H groups in total. The lowest BCUT2D eigenvalue weighted by Crippen LogP contribution is -2.12.